The molecule has 27 heavy (non-hydrogen) atoms. The maximum Gasteiger partial charge on any atom is 0.193 e. The number of aliphatic imine (C=N–C) groups is 1. The van der Waals surface area contributed by atoms with Gasteiger partial charge in [-0.3, -0.25) is 4.99 Å². The molecule has 2 fully saturated rings. The number of likely N-dealkylation sites (tertiary alicyclic amines) is 1. The van der Waals surface area contributed by atoms with Crippen molar-refractivity contribution in [3.05, 3.63) is 22.7 Å². The fraction of sp³-hybridized carbons (Fsp3) is 0.632. The number of guanidine groups is 1. The summed E-state index contributed by atoms with van der Waals surface area (Å²) in [4.78, 5) is 6.82. The molecule has 1 unspecified atom stereocenters. The Hall–Kier alpha value is -0.930. The SMILES string of the molecule is CN=C(NCCc1cc(Cl)c2c(c1)OCCO2)N1CCC2(CCOC2)C1.I. The third-order valence-electron chi connectivity index (χ3n) is 5.49. The van der Waals surface area contributed by atoms with Crippen molar-refractivity contribution in [2.45, 2.75) is 19.3 Å². The number of hydrogen-bond donors (Lipinski definition) is 1. The van der Waals surface area contributed by atoms with Crippen LogP contribution in [0.2, 0.25) is 5.02 Å². The van der Waals surface area contributed by atoms with Gasteiger partial charge in [-0.05, 0) is 37.0 Å². The van der Waals surface area contributed by atoms with Crippen molar-refractivity contribution in [2.24, 2.45) is 10.4 Å². The van der Waals surface area contributed by atoms with Crippen molar-refractivity contribution < 1.29 is 14.2 Å². The van der Waals surface area contributed by atoms with Gasteiger partial charge in [0.1, 0.15) is 13.2 Å². The Bertz CT molecular complexity index is 695. The summed E-state index contributed by atoms with van der Waals surface area (Å²) < 4.78 is 16.8. The summed E-state index contributed by atoms with van der Waals surface area (Å²) in [6.45, 7) is 5.76. The van der Waals surface area contributed by atoms with Crippen LogP contribution in [-0.4, -0.2) is 64.0 Å². The number of rotatable bonds is 3. The molecule has 3 aliphatic heterocycles. The predicted molar refractivity (Wildman–Crippen MR) is 117 cm³/mol. The van der Waals surface area contributed by atoms with E-state index in [-0.39, 0.29) is 24.0 Å². The Morgan fingerprint density at radius 2 is 2.11 bits per heavy atom. The molecule has 1 N–H and O–H groups in total. The van der Waals surface area contributed by atoms with E-state index >= 15 is 0 Å². The van der Waals surface area contributed by atoms with Crippen LogP contribution >= 0.6 is 35.6 Å². The van der Waals surface area contributed by atoms with Crippen molar-refractivity contribution in [3.63, 3.8) is 0 Å². The molecule has 0 aromatic heterocycles. The molecule has 1 spiro atoms. The highest BCUT2D eigenvalue weighted by molar-refractivity contribution is 14.0. The van der Waals surface area contributed by atoms with Gasteiger partial charge >= 0.3 is 0 Å². The third-order valence-corrected chi connectivity index (χ3v) is 5.77. The summed E-state index contributed by atoms with van der Waals surface area (Å²) in [5.74, 6) is 2.37. The van der Waals surface area contributed by atoms with Crippen molar-refractivity contribution in [2.75, 3.05) is 53.1 Å². The molecule has 150 valence electrons. The second-order valence-electron chi connectivity index (χ2n) is 7.30. The van der Waals surface area contributed by atoms with Crippen molar-refractivity contribution in [3.8, 4) is 11.5 Å². The Labute approximate surface area is 182 Å². The summed E-state index contributed by atoms with van der Waals surface area (Å²) in [7, 11) is 1.85. The first-order chi connectivity index (χ1) is 12.7. The minimum atomic E-state index is 0. The number of halogens is 2. The van der Waals surface area contributed by atoms with Crippen molar-refractivity contribution >= 4 is 41.5 Å². The molecule has 0 amide bonds. The molecule has 1 aromatic rings. The normalized spacial score (nSPS) is 24.2. The highest BCUT2D eigenvalue weighted by Gasteiger charge is 2.42. The van der Waals surface area contributed by atoms with E-state index in [0.717, 1.165) is 63.0 Å². The Morgan fingerprint density at radius 3 is 2.89 bits per heavy atom. The average Bonchev–Trinajstić information content (AvgIpc) is 3.29. The average molecular weight is 508 g/mol. The first-order valence-corrected chi connectivity index (χ1v) is 9.68. The van der Waals surface area contributed by atoms with E-state index in [2.05, 4.69) is 15.2 Å². The molecule has 4 rings (SSSR count). The summed E-state index contributed by atoms with van der Waals surface area (Å²) in [5, 5.41) is 4.10. The molecular weight excluding hydrogens is 481 g/mol. The topological polar surface area (TPSA) is 55.3 Å². The zero-order chi connectivity index (χ0) is 18.0. The fourth-order valence-corrected chi connectivity index (χ4v) is 4.33. The van der Waals surface area contributed by atoms with Crippen LogP contribution in [0.1, 0.15) is 18.4 Å². The van der Waals surface area contributed by atoms with Gasteiger partial charge in [0, 0.05) is 38.7 Å². The van der Waals surface area contributed by atoms with Gasteiger partial charge in [0.25, 0.3) is 0 Å². The van der Waals surface area contributed by atoms with E-state index in [4.69, 9.17) is 25.8 Å². The molecule has 1 aromatic carbocycles. The lowest BCUT2D eigenvalue weighted by Crippen LogP contribution is -2.42. The monoisotopic (exact) mass is 507 g/mol. The predicted octanol–water partition coefficient (Wildman–Crippen LogP) is 2.96. The third kappa shape index (κ3) is 4.56. The van der Waals surface area contributed by atoms with E-state index in [1.165, 1.54) is 6.42 Å². The van der Waals surface area contributed by atoms with Gasteiger partial charge in [0.05, 0.1) is 11.6 Å². The number of benzene rings is 1. The Kier molecular flexibility index (Phi) is 6.97. The van der Waals surface area contributed by atoms with Gasteiger partial charge in [0.15, 0.2) is 17.5 Å². The maximum absolute atomic E-state index is 6.32. The second kappa shape index (κ2) is 9.05. The second-order valence-corrected chi connectivity index (χ2v) is 7.71. The highest BCUT2D eigenvalue weighted by atomic mass is 127. The maximum atomic E-state index is 6.32. The van der Waals surface area contributed by atoms with Gasteiger partial charge in [-0.1, -0.05) is 11.6 Å². The first kappa shape index (κ1) is 20.8. The number of nitrogens with one attached hydrogen (secondary N) is 1. The molecule has 1 atom stereocenters. The standard InChI is InChI=1S/C19H26ClN3O3.HI/c1-21-18(23-6-3-19(12-23)4-7-24-13-19)22-5-2-14-10-15(20)17-16(11-14)25-8-9-26-17;/h10-11H,2-9,12-13H2,1H3,(H,21,22);1H. The van der Waals surface area contributed by atoms with Crippen molar-refractivity contribution in [1.82, 2.24) is 10.2 Å². The minimum absolute atomic E-state index is 0. The number of hydrogen-bond acceptors (Lipinski definition) is 4. The molecule has 0 aliphatic carbocycles. The van der Waals surface area contributed by atoms with Crippen LogP contribution in [0.15, 0.2) is 17.1 Å². The molecular formula is C19H27ClIN3O3. The van der Waals surface area contributed by atoms with Crippen LogP contribution < -0.4 is 14.8 Å². The van der Waals surface area contributed by atoms with E-state index in [9.17, 15) is 0 Å². The molecule has 3 aliphatic rings. The van der Waals surface area contributed by atoms with Crippen LogP contribution in [0.5, 0.6) is 11.5 Å². The molecule has 0 saturated carbocycles. The molecule has 8 heteroatoms. The molecule has 6 nitrogen and oxygen atoms in total. The minimum Gasteiger partial charge on any atom is -0.486 e. The van der Waals surface area contributed by atoms with Gasteiger partial charge in [-0.25, -0.2) is 0 Å². The largest absolute Gasteiger partial charge is 0.486 e. The van der Waals surface area contributed by atoms with Crippen LogP contribution in [0, 0.1) is 5.41 Å². The lowest BCUT2D eigenvalue weighted by atomic mass is 9.87. The lowest BCUT2D eigenvalue weighted by Gasteiger charge is -2.25. The number of ether oxygens (including phenoxy) is 3. The van der Waals surface area contributed by atoms with Gasteiger partial charge in [-0.2, -0.15) is 0 Å². The van der Waals surface area contributed by atoms with Crippen molar-refractivity contribution in [1.29, 1.82) is 0 Å². The van der Waals surface area contributed by atoms with Crippen LogP contribution in [0.4, 0.5) is 0 Å². The molecule has 0 radical (unpaired) electrons. The number of nitrogens with zero attached hydrogens (tertiary/aromatic N) is 2. The van der Waals surface area contributed by atoms with Gasteiger partial charge < -0.3 is 24.4 Å². The Morgan fingerprint density at radius 1 is 1.26 bits per heavy atom. The molecule has 0 bridgehead atoms. The van der Waals surface area contributed by atoms with E-state index < -0.39 is 0 Å². The van der Waals surface area contributed by atoms with E-state index in [1.807, 2.05) is 19.2 Å². The number of fused-ring (bicyclic) bond motifs is 1. The summed E-state index contributed by atoms with van der Waals surface area (Å²) in [6.07, 6.45) is 3.19. The van der Waals surface area contributed by atoms with Gasteiger partial charge in [-0.15, -0.1) is 24.0 Å². The Balaban J connectivity index is 0.00000210. The van der Waals surface area contributed by atoms with Crippen LogP contribution in [0.25, 0.3) is 0 Å². The molecule has 3 heterocycles. The summed E-state index contributed by atoms with van der Waals surface area (Å²) >= 11 is 6.32. The lowest BCUT2D eigenvalue weighted by molar-refractivity contribution is 0.156. The van der Waals surface area contributed by atoms with Crippen LogP contribution in [0.3, 0.4) is 0 Å². The smallest absolute Gasteiger partial charge is 0.193 e. The van der Waals surface area contributed by atoms with E-state index in [0.29, 0.717) is 29.4 Å². The quantitative estimate of drug-likeness (QED) is 0.387. The summed E-state index contributed by atoms with van der Waals surface area (Å²) in [5.41, 5.74) is 1.46. The van der Waals surface area contributed by atoms with Crippen LogP contribution in [-0.2, 0) is 11.2 Å². The highest BCUT2D eigenvalue weighted by Crippen LogP contribution is 2.39. The van der Waals surface area contributed by atoms with E-state index in [1.54, 1.807) is 0 Å². The summed E-state index contributed by atoms with van der Waals surface area (Å²) in [6, 6.07) is 3.98. The molecule has 2 saturated heterocycles. The fourth-order valence-electron chi connectivity index (χ4n) is 4.05. The zero-order valence-electron chi connectivity index (χ0n) is 15.6. The van der Waals surface area contributed by atoms with Gasteiger partial charge in [0.2, 0.25) is 0 Å². The first-order valence-electron chi connectivity index (χ1n) is 9.30. The zero-order valence-corrected chi connectivity index (χ0v) is 18.7.